The van der Waals surface area contributed by atoms with E-state index in [2.05, 4.69) is 16.7 Å². The first kappa shape index (κ1) is 21.3. The summed E-state index contributed by atoms with van der Waals surface area (Å²) in [6.45, 7) is 6.61. The Bertz CT molecular complexity index is 732. The largest absolute Gasteiger partial charge is 0.369 e. The van der Waals surface area contributed by atoms with Crippen LogP contribution in [0.2, 0.25) is 0 Å². The van der Waals surface area contributed by atoms with Crippen molar-refractivity contribution in [2.24, 2.45) is 5.41 Å². The zero-order valence-electron chi connectivity index (χ0n) is 18.1. The second kappa shape index (κ2) is 9.04. The Labute approximate surface area is 179 Å². The van der Waals surface area contributed by atoms with Gasteiger partial charge in [0.05, 0.1) is 0 Å². The lowest BCUT2D eigenvalue weighted by Crippen LogP contribution is -2.50. The monoisotopic (exact) mass is 415 g/mol. The second-order valence-electron chi connectivity index (χ2n) is 9.49. The molecule has 1 unspecified atom stereocenters. The number of anilines is 1. The lowest BCUT2D eigenvalue weighted by molar-refractivity contribution is -0.153. The molecule has 6 heteroatoms. The van der Waals surface area contributed by atoms with Gasteiger partial charge in [0.15, 0.2) is 0 Å². The summed E-state index contributed by atoms with van der Waals surface area (Å²) in [6.07, 6.45) is 7.39. The van der Waals surface area contributed by atoms with Gasteiger partial charge in [-0.15, -0.1) is 0 Å². The van der Waals surface area contributed by atoms with Crippen molar-refractivity contribution in [2.75, 3.05) is 37.6 Å². The molecule has 1 aliphatic carbocycles. The van der Waals surface area contributed by atoms with E-state index in [0.29, 0.717) is 25.4 Å². The molecule has 2 amide bonds. The molecule has 0 aromatic heterocycles. The fraction of sp³-hybridized carbons (Fsp3) is 0.667. The van der Waals surface area contributed by atoms with Crippen LogP contribution in [0.15, 0.2) is 24.3 Å². The maximum Gasteiger partial charge on any atom is 0.229 e. The summed E-state index contributed by atoms with van der Waals surface area (Å²) in [6, 6.07) is 7.15. The van der Waals surface area contributed by atoms with E-state index >= 15 is 0 Å². The first-order valence-electron chi connectivity index (χ1n) is 11.5. The number of imide groups is 1. The maximum absolute atomic E-state index is 13.1. The predicted molar refractivity (Wildman–Crippen MR) is 116 cm³/mol. The Balaban J connectivity index is 1.20. The van der Waals surface area contributed by atoms with E-state index in [9.17, 15) is 14.0 Å². The van der Waals surface area contributed by atoms with Gasteiger partial charge < -0.3 is 4.90 Å². The minimum atomic E-state index is -0.199. The number of amides is 2. The van der Waals surface area contributed by atoms with Crippen LogP contribution < -0.4 is 4.90 Å². The zero-order chi connectivity index (χ0) is 21.1. The number of hydrogen-bond acceptors (Lipinski definition) is 4. The van der Waals surface area contributed by atoms with Crippen molar-refractivity contribution in [1.82, 2.24) is 9.80 Å². The van der Waals surface area contributed by atoms with Crippen molar-refractivity contribution < 1.29 is 14.0 Å². The Hall–Kier alpha value is -1.95. The summed E-state index contributed by atoms with van der Waals surface area (Å²) < 4.78 is 13.1. The fourth-order valence-electron chi connectivity index (χ4n) is 5.56. The van der Waals surface area contributed by atoms with Crippen LogP contribution in [-0.2, 0) is 9.59 Å². The highest BCUT2D eigenvalue weighted by Crippen LogP contribution is 2.46. The van der Waals surface area contributed by atoms with Gasteiger partial charge in [0, 0.05) is 57.3 Å². The summed E-state index contributed by atoms with van der Waals surface area (Å²) in [4.78, 5) is 31.5. The summed E-state index contributed by atoms with van der Waals surface area (Å²) in [5.74, 6) is -0.0995. The van der Waals surface area contributed by atoms with Crippen LogP contribution in [0.4, 0.5) is 10.1 Å². The highest BCUT2D eigenvalue weighted by atomic mass is 19.1. The van der Waals surface area contributed by atoms with Gasteiger partial charge in [0.25, 0.3) is 0 Å². The molecule has 164 valence electrons. The van der Waals surface area contributed by atoms with E-state index in [-0.39, 0.29) is 23.0 Å². The van der Waals surface area contributed by atoms with E-state index in [1.807, 2.05) is 12.1 Å². The molecule has 30 heavy (non-hydrogen) atoms. The number of nitrogens with zero attached hydrogens (tertiary/aromatic N) is 3. The normalized spacial score (nSPS) is 23.4. The topological polar surface area (TPSA) is 43.9 Å². The molecular formula is C24H34FN3O2. The van der Waals surface area contributed by atoms with Gasteiger partial charge in [-0.1, -0.05) is 12.8 Å². The average molecular weight is 416 g/mol. The van der Waals surface area contributed by atoms with Crippen molar-refractivity contribution >= 4 is 17.5 Å². The number of hydrogen-bond donors (Lipinski definition) is 0. The molecule has 4 rings (SSSR count). The molecule has 3 aliphatic rings. The van der Waals surface area contributed by atoms with Gasteiger partial charge in [-0.3, -0.25) is 19.4 Å². The van der Waals surface area contributed by atoms with Gasteiger partial charge in [-0.2, -0.15) is 0 Å². The Morgan fingerprint density at radius 2 is 1.57 bits per heavy atom. The van der Waals surface area contributed by atoms with E-state index in [1.54, 1.807) is 0 Å². The van der Waals surface area contributed by atoms with Gasteiger partial charge in [-0.05, 0) is 62.3 Å². The van der Waals surface area contributed by atoms with Crippen LogP contribution >= 0.6 is 0 Å². The summed E-state index contributed by atoms with van der Waals surface area (Å²) in [5.41, 5.74) is 1.06. The van der Waals surface area contributed by atoms with Crippen molar-refractivity contribution in [3.8, 4) is 0 Å². The highest BCUT2D eigenvalue weighted by Gasteiger charge is 2.44. The molecule has 0 N–H and O–H groups in total. The fourth-order valence-corrected chi connectivity index (χ4v) is 5.56. The van der Waals surface area contributed by atoms with E-state index in [4.69, 9.17) is 0 Å². The van der Waals surface area contributed by atoms with Gasteiger partial charge >= 0.3 is 0 Å². The first-order chi connectivity index (χ1) is 14.5. The van der Waals surface area contributed by atoms with Crippen molar-refractivity contribution in [1.29, 1.82) is 0 Å². The lowest BCUT2D eigenvalue weighted by Gasteiger charge is -2.40. The number of benzene rings is 1. The second-order valence-corrected chi connectivity index (χ2v) is 9.49. The van der Waals surface area contributed by atoms with E-state index in [0.717, 1.165) is 70.4 Å². The third-order valence-corrected chi connectivity index (χ3v) is 7.45. The molecule has 3 fully saturated rings. The molecule has 2 saturated heterocycles. The van der Waals surface area contributed by atoms with Crippen molar-refractivity contribution in [3.63, 3.8) is 0 Å². The molecule has 1 saturated carbocycles. The van der Waals surface area contributed by atoms with Crippen LogP contribution in [0.3, 0.4) is 0 Å². The van der Waals surface area contributed by atoms with Crippen LogP contribution in [0.1, 0.15) is 58.3 Å². The SMILES string of the molecule is CC(CCCN1C(=O)CC2(CCCC2)CC1=O)N1CCN(c2ccc(F)cc2)CC1. The maximum atomic E-state index is 13.1. The Morgan fingerprint density at radius 1 is 0.967 bits per heavy atom. The van der Waals surface area contributed by atoms with E-state index < -0.39 is 0 Å². The third-order valence-electron chi connectivity index (χ3n) is 7.45. The first-order valence-corrected chi connectivity index (χ1v) is 11.5. The number of carbonyl (C=O) groups excluding carboxylic acids is 2. The van der Waals surface area contributed by atoms with Crippen molar-refractivity contribution in [2.45, 2.75) is 64.3 Å². The molecule has 1 aromatic carbocycles. The molecule has 0 radical (unpaired) electrons. The molecule has 0 bridgehead atoms. The molecule has 2 heterocycles. The Morgan fingerprint density at radius 3 is 2.17 bits per heavy atom. The summed E-state index contributed by atoms with van der Waals surface area (Å²) in [5, 5.41) is 0. The highest BCUT2D eigenvalue weighted by molar-refractivity contribution is 5.98. The summed E-state index contributed by atoms with van der Waals surface area (Å²) in [7, 11) is 0. The van der Waals surface area contributed by atoms with Gasteiger partial charge in [0.2, 0.25) is 11.8 Å². The van der Waals surface area contributed by atoms with Crippen LogP contribution in [0, 0.1) is 11.2 Å². The molecule has 1 atom stereocenters. The number of piperidine rings is 1. The van der Waals surface area contributed by atoms with Crippen LogP contribution in [0.5, 0.6) is 0 Å². The molecule has 1 aromatic rings. The Kier molecular flexibility index (Phi) is 6.42. The number of halogens is 1. The molecule has 5 nitrogen and oxygen atoms in total. The number of carbonyl (C=O) groups is 2. The molecular weight excluding hydrogens is 381 g/mol. The predicted octanol–water partition coefficient (Wildman–Crippen LogP) is 3.83. The summed E-state index contributed by atoms with van der Waals surface area (Å²) >= 11 is 0. The number of piperazine rings is 1. The third kappa shape index (κ3) is 4.69. The van der Waals surface area contributed by atoms with Gasteiger partial charge in [0.1, 0.15) is 5.82 Å². The van der Waals surface area contributed by atoms with E-state index in [1.165, 1.54) is 17.0 Å². The zero-order valence-corrected chi connectivity index (χ0v) is 18.1. The molecule has 1 spiro atoms. The average Bonchev–Trinajstić information content (AvgIpc) is 3.18. The smallest absolute Gasteiger partial charge is 0.229 e. The van der Waals surface area contributed by atoms with Crippen molar-refractivity contribution in [3.05, 3.63) is 30.1 Å². The lowest BCUT2D eigenvalue weighted by atomic mass is 9.76. The number of likely N-dealkylation sites (tertiary alicyclic amines) is 1. The van der Waals surface area contributed by atoms with Crippen LogP contribution in [0.25, 0.3) is 0 Å². The minimum absolute atomic E-state index is 0.0118. The minimum Gasteiger partial charge on any atom is -0.369 e. The van der Waals surface area contributed by atoms with Gasteiger partial charge in [-0.25, -0.2) is 4.39 Å². The molecule has 2 aliphatic heterocycles. The van der Waals surface area contributed by atoms with Crippen LogP contribution in [-0.4, -0.2) is 60.4 Å². The number of rotatable bonds is 6. The standard InChI is InChI=1S/C24H34FN3O2/c1-19(26-13-15-27(16-14-26)21-8-6-20(25)7-9-21)5-4-12-28-22(29)17-24(18-23(28)30)10-2-3-11-24/h6-9,19H,2-5,10-18H2,1H3. The quantitative estimate of drug-likeness (QED) is 0.663.